The molecule has 0 bridgehead atoms. The van der Waals surface area contributed by atoms with Crippen LogP contribution in [0.4, 0.5) is 0 Å². The predicted molar refractivity (Wildman–Crippen MR) is 43.4 cm³/mol. The van der Waals surface area contributed by atoms with Crippen LogP contribution in [0.2, 0.25) is 0 Å². The number of rotatable bonds is 4. The first kappa shape index (κ1) is 8.97. The maximum absolute atomic E-state index is 5.55. The molecule has 1 fully saturated rings. The Labute approximate surface area is 67.9 Å². The summed E-state index contributed by atoms with van der Waals surface area (Å²) in [5, 5.41) is 0. The van der Waals surface area contributed by atoms with E-state index in [-0.39, 0.29) is 0 Å². The lowest BCUT2D eigenvalue weighted by Gasteiger charge is -2.13. The van der Waals surface area contributed by atoms with Crippen molar-refractivity contribution < 1.29 is 9.47 Å². The van der Waals surface area contributed by atoms with Crippen LogP contribution in [0.1, 0.15) is 13.3 Å². The van der Waals surface area contributed by atoms with Crippen molar-refractivity contribution >= 4 is 0 Å². The summed E-state index contributed by atoms with van der Waals surface area (Å²) in [5.41, 5.74) is 5.45. The highest BCUT2D eigenvalue weighted by molar-refractivity contribution is 4.63. The van der Waals surface area contributed by atoms with Gasteiger partial charge in [-0.3, -0.25) is 0 Å². The van der Waals surface area contributed by atoms with Gasteiger partial charge in [0, 0.05) is 6.61 Å². The van der Waals surface area contributed by atoms with E-state index in [0.29, 0.717) is 18.6 Å². The van der Waals surface area contributed by atoms with Gasteiger partial charge in [-0.25, -0.2) is 0 Å². The van der Waals surface area contributed by atoms with E-state index in [2.05, 4.69) is 6.92 Å². The van der Waals surface area contributed by atoms with Crippen molar-refractivity contribution in [1.82, 2.24) is 0 Å². The first-order valence-electron chi connectivity index (χ1n) is 4.22. The van der Waals surface area contributed by atoms with E-state index in [1.54, 1.807) is 0 Å². The maximum Gasteiger partial charge on any atom is 0.0830 e. The van der Waals surface area contributed by atoms with E-state index >= 15 is 0 Å². The van der Waals surface area contributed by atoms with E-state index in [0.717, 1.165) is 26.2 Å². The molecular formula is C8H17NO2. The molecule has 1 aliphatic heterocycles. The number of hydrogen-bond donors (Lipinski definition) is 1. The van der Waals surface area contributed by atoms with Crippen molar-refractivity contribution in [1.29, 1.82) is 0 Å². The van der Waals surface area contributed by atoms with Crippen LogP contribution in [0.15, 0.2) is 0 Å². The average molecular weight is 159 g/mol. The molecule has 1 rings (SSSR count). The van der Waals surface area contributed by atoms with Crippen molar-refractivity contribution in [2.24, 2.45) is 11.7 Å². The van der Waals surface area contributed by atoms with Gasteiger partial charge in [0.2, 0.25) is 0 Å². The Morgan fingerprint density at radius 1 is 1.73 bits per heavy atom. The molecule has 0 aliphatic carbocycles. The van der Waals surface area contributed by atoms with E-state index < -0.39 is 0 Å². The minimum Gasteiger partial charge on any atom is -0.379 e. The quantitative estimate of drug-likeness (QED) is 0.645. The summed E-state index contributed by atoms with van der Waals surface area (Å²) < 4.78 is 10.7. The number of nitrogens with two attached hydrogens (primary N) is 1. The Kier molecular flexibility index (Phi) is 3.83. The van der Waals surface area contributed by atoms with Crippen molar-refractivity contribution in [3.8, 4) is 0 Å². The molecule has 2 N–H and O–H groups in total. The largest absolute Gasteiger partial charge is 0.379 e. The van der Waals surface area contributed by atoms with Crippen LogP contribution in [0.3, 0.4) is 0 Å². The topological polar surface area (TPSA) is 44.5 Å². The molecular weight excluding hydrogens is 142 g/mol. The molecule has 0 amide bonds. The van der Waals surface area contributed by atoms with Crippen LogP contribution in [0.5, 0.6) is 0 Å². The van der Waals surface area contributed by atoms with Crippen molar-refractivity contribution in [2.75, 3.05) is 26.4 Å². The normalized spacial score (nSPS) is 27.3. The summed E-state index contributed by atoms with van der Waals surface area (Å²) >= 11 is 0. The van der Waals surface area contributed by atoms with Crippen LogP contribution in [-0.2, 0) is 9.47 Å². The molecule has 0 spiro atoms. The zero-order valence-electron chi connectivity index (χ0n) is 7.08. The van der Waals surface area contributed by atoms with Crippen LogP contribution in [-0.4, -0.2) is 32.5 Å². The molecule has 1 aliphatic rings. The minimum atomic E-state index is 0.323. The Balaban J connectivity index is 2.01. The van der Waals surface area contributed by atoms with Gasteiger partial charge in [-0.2, -0.15) is 0 Å². The lowest BCUT2D eigenvalue weighted by atomic mass is 10.2. The fraction of sp³-hybridized carbons (Fsp3) is 1.00. The van der Waals surface area contributed by atoms with E-state index in [9.17, 15) is 0 Å². The zero-order valence-corrected chi connectivity index (χ0v) is 7.08. The molecule has 0 saturated carbocycles. The molecule has 3 heteroatoms. The third kappa shape index (κ3) is 3.18. The van der Waals surface area contributed by atoms with Crippen LogP contribution in [0, 0.1) is 5.92 Å². The first-order chi connectivity index (χ1) is 5.33. The minimum absolute atomic E-state index is 0.323. The highest BCUT2D eigenvalue weighted by Gasteiger charge is 2.16. The van der Waals surface area contributed by atoms with Gasteiger partial charge in [-0.1, -0.05) is 6.92 Å². The molecule has 0 unspecified atom stereocenters. The summed E-state index contributed by atoms with van der Waals surface area (Å²) in [6.07, 6.45) is 1.36. The smallest absolute Gasteiger partial charge is 0.0830 e. The maximum atomic E-state index is 5.55. The summed E-state index contributed by atoms with van der Waals surface area (Å²) in [6, 6.07) is 0. The molecule has 0 radical (unpaired) electrons. The Bertz CT molecular complexity index is 102. The fourth-order valence-electron chi connectivity index (χ4n) is 1.01. The molecule has 1 saturated heterocycles. The summed E-state index contributed by atoms with van der Waals surface area (Å²) in [5.74, 6) is 0.468. The van der Waals surface area contributed by atoms with Gasteiger partial charge in [0.05, 0.1) is 19.3 Å². The van der Waals surface area contributed by atoms with Gasteiger partial charge in [0.15, 0.2) is 0 Å². The standard InChI is InChI=1S/C8H17NO2/c1-7(4-9)5-11-8-2-3-10-6-8/h7-8H,2-6,9H2,1H3/t7-,8-/m1/s1. The van der Waals surface area contributed by atoms with Gasteiger partial charge in [-0.15, -0.1) is 0 Å². The Morgan fingerprint density at radius 2 is 2.55 bits per heavy atom. The fourth-order valence-corrected chi connectivity index (χ4v) is 1.01. The molecule has 2 atom stereocenters. The third-order valence-electron chi connectivity index (χ3n) is 1.91. The van der Waals surface area contributed by atoms with E-state index in [1.807, 2.05) is 0 Å². The van der Waals surface area contributed by atoms with Gasteiger partial charge in [0.25, 0.3) is 0 Å². The van der Waals surface area contributed by atoms with Crippen LogP contribution in [0.25, 0.3) is 0 Å². The lowest BCUT2D eigenvalue weighted by Crippen LogP contribution is -2.21. The van der Waals surface area contributed by atoms with Gasteiger partial charge in [-0.05, 0) is 18.9 Å². The van der Waals surface area contributed by atoms with Gasteiger partial charge < -0.3 is 15.2 Å². The monoisotopic (exact) mass is 159 g/mol. The highest BCUT2D eigenvalue weighted by Crippen LogP contribution is 2.09. The van der Waals surface area contributed by atoms with Crippen molar-refractivity contribution in [2.45, 2.75) is 19.4 Å². The molecule has 0 aromatic heterocycles. The van der Waals surface area contributed by atoms with Gasteiger partial charge in [0.1, 0.15) is 0 Å². The summed E-state index contributed by atoms with van der Waals surface area (Å²) in [7, 11) is 0. The third-order valence-corrected chi connectivity index (χ3v) is 1.91. The lowest BCUT2D eigenvalue weighted by molar-refractivity contribution is 0.0265. The molecule has 66 valence electrons. The molecule has 1 heterocycles. The van der Waals surface area contributed by atoms with Gasteiger partial charge >= 0.3 is 0 Å². The zero-order chi connectivity index (χ0) is 8.10. The van der Waals surface area contributed by atoms with Crippen molar-refractivity contribution in [3.05, 3.63) is 0 Å². The highest BCUT2D eigenvalue weighted by atomic mass is 16.5. The second kappa shape index (κ2) is 4.70. The molecule has 0 aromatic rings. The summed E-state index contributed by atoms with van der Waals surface area (Å²) in [4.78, 5) is 0. The first-order valence-corrected chi connectivity index (χ1v) is 4.22. The second-order valence-electron chi connectivity index (χ2n) is 3.16. The second-order valence-corrected chi connectivity index (χ2v) is 3.16. The van der Waals surface area contributed by atoms with Crippen LogP contribution >= 0.6 is 0 Å². The van der Waals surface area contributed by atoms with Crippen LogP contribution < -0.4 is 5.73 Å². The van der Waals surface area contributed by atoms with Crippen molar-refractivity contribution in [3.63, 3.8) is 0 Å². The predicted octanol–water partition coefficient (Wildman–Crippen LogP) is 0.387. The number of ether oxygens (including phenoxy) is 2. The Hall–Kier alpha value is -0.120. The number of hydrogen-bond acceptors (Lipinski definition) is 3. The SMILES string of the molecule is C[C@H](CN)CO[C@@H]1CCOC1. The molecule has 0 aromatic carbocycles. The summed E-state index contributed by atoms with van der Waals surface area (Å²) in [6.45, 7) is 5.17. The average Bonchev–Trinajstić information content (AvgIpc) is 2.52. The van der Waals surface area contributed by atoms with E-state index in [4.69, 9.17) is 15.2 Å². The van der Waals surface area contributed by atoms with E-state index in [1.165, 1.54) is 0 Å². The Morgan fingerprint density at radius 3 is 3.09 bits per heavy atom. The molecule has 3 nitrogen and oxygen atoms in total. The molecule has 11 heavy (non-hydrogen) atoms.